The van der Waals surface area contributed by atoms with Gasteiger partial charge in [-0.15, -0.1) is 0 Å². The van der Waals surface area contributed by atoms with E-state index in [1.54, 1.807) is 4.57 Å². The number of rotatable bonds is 1. The summed E-state index contributed by atoms with van der Waals surface area (Å²) in [4.78, 5) is 17.6. The molecule has 2 aromatic heterocycles. The Kier molecular flexibility index (Phi) is 2.62. The summed E-state index contributed by atoms with van der Waals surface area (Å²) in [5.41, 5.74) is 4.57. The second-order valence-electron chi connectivity index (χ2n) is 6.43. The Morgan fingerprint density at radius 2 is 2.17 bits per heavy atom. The first-order valence-electron chi connectivity index (χ1n) is 8.13. The van der Waals surface area contributed by atoms with E-state index in [0.29, 0.717) is 24.1 Å². The van der Waals surface area contributed by atoms with Crippen LogP contribution in [0.1, 0.15) is 30.0 Å². The van der Waals surface area contributed by atoms with Crippen LogP contribution in [0.2, 0.25) is 0 Å². The predicted molar refractivity (Wildman–Crippen MR) is 89.5 cm³/mol. The first kappa shape index (κ1) is 13.9. The third-order valence-corrected chi connectivity index (χ3v) is 5.13. The molecular formula is C19H16N2O3. The summed E-state index contributed by atoms with van der Waals surface area (Å²) in [6, 6.07) is 11.9. The minimum atomic E-state index is -1.37. The van der Waals surface area contributed by atoms with Crippen LogP contribution in [0.15, 0.2) is 41.2 Å². The lowest BCUT2D eigenvalue weighted by Gasteiger charge is -2.21. The molecule has 1 aromatic carbocycles. The Bertz CT molecular complexity index is 1070. The zero-order valence-corrected chi connectivity index (χ0v) is 13.2. The number of fused-ring (bicyclic) bond motifs is 5. The molecule has 5 heteroatoms. The molecule has 2 aliphatic rings. The van der Waals surface area contributed by atoms with Gasteiger partial charge in [-0.25, -0.2) is 4.98 Å². The third-order valence-electron chi connectivity index (χ3n) is 5.13. The van der Waals surface area contributed by atoms with Gasteiger partial charge in [0.2, 0.25) is 0 Å². The van der Waals surface area contributed by atoms with Gasteiger partial charge in [-0.3, -0.25) is 4.79 Å². The Morgan fingerprint density at radius 3 is 3.00 bits per heavy atom. The molecule has 0 amide bonds. The number of nitrogens with zero attached hydrogens (tertiary/aromatic N) is 2. The maximum atomic E-state index is 12.9. The normalized spacial score (nSPS) is 20.9. The fourth-order valence-corrected chi connectivity index (χ4v) is 3.76. The third kappa shape index (κ3) is 1.66. The Balaban J connectivity index is 1.81. The molecule has 120 valence electrons. The van der Waals surface area contributed by atoms with E-state index in [9.17, 15) is 9.90 Å². The molecule has 5 nitrogen and oxygen atoms in total. The first-order valence-corrected chi connectivity index (χ1v) is 8.13. The van der Waals surface area contributed by atoms with Crippen LogP contribution in [-0.2, 0) is 23.7 Å². The van der Waals surface area contributed by atoms with Crippen molar-refractivity contribution in [3.05, 3.63) is 63.4 Å². The molecule has 0 radical (unpaired) electrons. The summed E-state index contributed by atoms with van der Waals surface area (Å²) in [6.45, 7) is 2.52. The zero-order valence-electron chi connectivity index (χ0n) is 13.2. The van der Waals surface area contributed by atoms with E-state index in [1.165, 1.54) is 0 Å². The van der Waals surface area contributed by atoms with Gasteiger partial charge in [0.25, 0.3) is 5.56 Å². The molecule has 2 aliphatic heterocycles. The minimum Gasteiger partial charge on any atom is -0.362 e. The van der Waals surface area contributed by atoms with Crippen molar-refractivity contribution in [1.29, 1.82) is 0 Å². The van der Waals surface area contributed by atoms with E-state index < -0.39 is 5.79 Å². The van der Waals surface area contributed by atoms with E-state index >= 15 is 0 Å². The van der Waals surface area contributed by atoms with Crippen molar-refractivity contribution in [3.8, 4) is 11.4 Å². The van der Waals surface area contributed by atoms with Crippen molar-refractivity contribution in [2.75, 3.05) is 0 Å². The highest BCUT2D eigenvalue weighted by Gasteiger charge is 2.40. The number of para-hydroxylation sites is 1. The number of pyridine rings is 2. The fraction of sp³-hybridized carbons (Fsp3) is 0.263. The number of aliphatic hydroxyl groups is 1. The molecule has 5 rings (SSSR count). The molecule has 1 atom stereocenters. The van der Waals surface area contributed by atoms with Crippen LogP contribution in [-0.4, -0.2) is 14.7 Å². The Hall–Kier alpha value is -2.50. The molecule has 0 aliphatic carbocycles. The predicted octanol–water partition coefficient (Wildman–Crippen LogP) is 2.51. The van der Waals surface area contributed by atoms with E-state index in [2.05, 4.69) is 6.07 Å². The highest BCUT2D eigenvalue weighted by molar-refractivity contribution is 5.84. The average Bonchev–Trinajstić information content (AvgIpc) is 3.13. The van der Waals surface area contributed by atoms with Crippen molar-refractivity contribution in [2.45, 2.75) is 32.3 Å². The maximum Gasteiger partial charge on any atom is 0.257 e. The van der Waals surface area contributed by atoms with Crippen molar-refractivity contribution >= 4 is 10.9 Å². The summed E-state index contributed by atoms with van der Waals surface area (Å²) in [5, 5.41) is 11.7. The Morgan fingerprint density at radius 1 is 1.33 bits per heavy atom. The van der Waals surface area contributed by atoms with Crippen LogP contribution in [0, 0.1) is 0 Å². The minimum absolute atomic E-state index is 0.0890. The van der Waals surface area contributed by atoms with Gasteiger partial charge in [-0.05, 0) is 18.2 Å². The summed E-state index contributed by atoms with van der Waals surface area (Å²) in [5.74, 6) is -1.37. The van der Waals surface area contributed by atoms with Crippen LogP contribution >= 0.6 is 0 Å². The lowest BCUT2D eigenvalue weighted by Crippen LogP contribution is -2.27. The van der Waals surface area contributed by atoms with Gasteiger partial charge in [-0.2, -0.15) is 0 Å². The van der Waals surface area contributed by atoms with Gasteiger partial charge in [0.15, 0.2) is 5.79 Å². The summed E-state index contributed by atoms with van der Waals surface area (Å²) >= 11 is 0. The van der Waals surface area contributed by atoms with E-state index in [-0.39, 0.29) is 12.2 Å². The van der Waals surface area contributed by atoms with Gasteiger partial charge in [0.05, 0.1) is 35.6 Å². The largest absolute Gasteiger partial charge is 0.362 e. The zero-order chi connectivity index (χ0) is 16.5. The van der Waals surface area contributed by atoms with Gasteiger partial charge in [0.1, 0.15) is 0 Å². The van der Waals surface area contributed by atoms with Crippen molar-refractivity contribution in [3.63, 3.8) is 0 Å². The quantitative estimate of drug-likeness (QED) is 0.585. The van der Waals surface area contributed by atoms with Crippen molar-refractivity contribution < 1.29 is 9.84 Å². The van der Waals surface area contributed by atoms with Crippen LogP contribution in [0.5, 0.6) is 0 Å². The Labute approximate surface area is 138 Å². The fourth-order valence-electron chi connectivity index (χ4n) is 3.76. The standard InChI is InChI=1S/C19H16N2O3/c1-2-19(23)14-8-16-17-12(7-11-5-3-4-6-15(11)20-17)9-21(16)18(22)13(14)10-24-19/h3-8,23H,2,9-10H2,1H3. The lowest BCUT2D eigenvalue weighted by atomic mass is 10.00. The van der Waals surface area contributed by atoms with Crippen LogP contribution in [0.25, 0.3) is 22.3 Å². The molecule has 1 N–H and O–H groups in total. The molecule has 0 bridgehead atoms. The summed E-state index contributed by atoms with van der Waals surface area (Å²) in [7, 11) is 0. The van der Waals surface area contributed by atoms with Gasteiger partial charge in [0, 0.05) is 22.9 Å². The number of benzene rings is 1. The SMILES string of the molecule is CCC1(O)OCc2c1cc1n(c2=O)Cc2cc3ccccc3nc2-1. The summed E-state index contributed by atoms with van der Waals surface area (Å²) < 4.78 is 7.24. The average molecular weight is 320 g/mol. The maximum absolute atomic E-state index is 12.9. The molecule has 24 heavy (non-hydrogen) atoms. The van der Waals surface area contributed by atoms with Crippen molar-refractivity contribution in [1.82, 2.24) is 9.55 Å². The van der Waals surface area contributed by atoms with Gasteiger partial charge < -0.3 is 14.4 Å². The second kappa shape index (κ2) is 4.53. The van der Waals surface area contributed by atoms with E-state index in [1.807, 2.05) is 37.3 Å². The molecule has 3 aromatic rings. The molecule has 0 fully saturated rings. The highest BCUT2D eigenvalue weighted by atomic mass is 16.6. The first-order chi connectivity index (χ1) is 11.6. The number of ether oxygens (including phenoxy) is 1. The molecule has 0 saturated carbocycles. The van der Waals surface area contributed by atoms with Crippen molar-refractivity contribution in [2.24, 2.45) is 0 Å². The smallest absolute Gasteiger partial charge is 0.257 e. The monoisotopic (exact) mass is 320 g/mol. The number of hydrogen-bond donors (Lipinski definition) is 1. The molecular weight excluding hydrogens is 304 g/mol. The van der Waals surface area contributed by atoms with Crippen LogP contribution in [0.4, 0.5) is 0 Å². The van der Waals surface area contributed by atoms with E-state index in [4.69, 9.17) is 9.72 Å². The summed E-state index contributed by atoms with van der Waals surface area (Å²) in [6.07, 6.45) is 0.404. The van der Waals surface area contributed by atoms with Crippen LogP contribution in [0.3, 0.4) is 0 Å². The molecule has 4 heterocycles. The topological polar surface area (TPSA) is 64.3 Å². The van der Waals surface area contributed by atoms with Gasteiger partial charge in [-0.1, -0.05) is 25.1 Å². The van der Waals surface area contributed by atoms with Crippen LogP contribution < -0.4 is 5.56 Å². The molecule has 0 spiro atoms. The second-order valence-corrected chi connectivity index (χ2v) is 6.43. The molecule has 0 saturated heterocycles. The highest BCUT2D eigenvalue weighted by Crippen LogP contribution is 2.39. The van der Waals surface area contributed by atoms with E-state index in [0.717, 1.165) is 27.9 Å². The van der Waals surface area contributed by atoms with Gasteiger partial charge >= 0.3 is 0 Å². The number of aromatic nitrogens is 2. The molecule has 1 unspecified atom stereocenters. The lowest BCUT2D eigenvalue weighted by molar-refractivity contribution is -0.204. The number of hydrogen-bond acceptors (Lipinski definition) is 4.